The molecule has 1 aromatic heterocycles. The summed E-state index contributed by atoms with van der Waals surface area (Å²) in [5, 5.41) is 0. The largest absolute Gasteiger partial charge is 0.481 e. The number of nitrogens with zero attached hydrogens (tertiary/aromatic N) is 1. The quantitative estimate of drug-likeness (QED) is 0.539. The first-order valence-electron chi connectivity index (χ1n) is 10.6. The number of esters is 1. The highest BCUT2D eigenvalue weighted by Gasteiger charge is 2.28. The lowest BCUT2D eigenvalue weighted by molar-refractivity contribution is 0.00571. The summed E-state index contributed by atoms with van der Waals surface area (Å²) in [4.78, 5) is 33.1. The van der Waals surface area contributed by atoms with Gasteiger partial charge in [0, 0.05) is 6.42 Å². The Morgan fingerprint density at radius 3 is 2.12 bits per heavy atom. The molecule has 3 aromatic rings. The molecule has 0 saturated heterocycles. The molecule has 6 nitrogen and oxygen atoms in total. The maximum Gasteiger partial charge on any atom is 0.361 e. The van der Waals surface area contributed by atoms with Gasteiger partial charge >= 0.3 is 5.97 Å². The number of nitrogens with one attached hydrogen (secondary N) is 1. The monoisotopic (exact) mass is 434 g/mol. The lowest BCUT2D eigenvalue weighted by Crippen LogP contribution is -2.29. The fourth-order valence-corrected chi connectivity index (χ4v) is 3.33. The molecule has 0 bridgehead atoms. The van der Waals surface area contributed by atoms with Crippen LogP contribution < -0.4 is 10.3 Å². The molecule has 0 aliphatic rings. The Bertz CT molecular complexity index is 1110. The highest BCUT2D eigenvalue weighted by Crippen LogP contribution is 2.27. The van der Waals surface area contributed by atoms with Crippen molar-refractivity contribution in [3.05, 3.63) is 93.7 Å². The van der Waals surface area contributed by atoms with Crippen LogP contribution in [0.1, 0.15) is 62.1 Å². The number of ether oxygens (including phenoxy) is 2. The third-order valence-electron chi connectivity index (χ3n) is 4.91. The Hall–Kier alpha value is -3.41. The van der Waals surface area contributed by atoms with E-state index in [-0.39, 0.29) is 23.5 Å². The zero-order valence-electron chi connectivity index (χ0n) is 19.3. The molecule has 6 heteroatoms. The molecular formula is C26H30N2O4. The zero-order valence-corrected chi connectivity index (χ0v) is 19.3. The summed E-state index contributed by atoms with van der Waals surface area (Å²) in [6, 6.07) is 19.4. The Balaban J connectivity index is 1.96. The number of carbonyl (C=O) groups is 1. The lowest BCUT2D eigenvalue weighted by atomic mass is 9.81. The van der Waals surface area contributed by atoms with Gasteiger partial charge in [-0.3, -0.25) is 4.79 Å². The van der Waals surface area contributed by atoms with E-state index in [1.54, 1.807) is 20.8 Å². The van der Waals surface area contributed by atoms with E-state index >= 15 is 0 Å². The molecule has 1 heterocycles. The summed E-state index contributed by atoms with van der Waals surface area (Å²) in [6.45, 7) is 9.56. The minimum Gasteiger partial charge on any atom is -0.481 e. The first-order valence-corrected chi connectivity index (χ1v) is 10.6. The number of H-pyrrole nitrogens is 1. The topological polar surface area (TPSA) is 81.3 Å². The Morgan fingerprint density at radius 1 is 0.938 bits per heavy atom. The highest BCUT2D eigenvalue weighted by molar-refractivity contribution is 5.90. The molecule has 1 N–H and O–H groups in total. The third-order valence-corrected chi connectivity index (χ3v) is 4.91. The van der Waals surface area contributed by atoms with Gasteiger partial charge in [-0.1, -0.05) is 74.5 Å². The summed E-state index contributed by atoms with van der Waals surface area (Å²) in [7, 11) is 0. The molecule has 0 unspecified atom stereocenters. The van der Waals surface area contributed by atoms with Gasteiger partial charge in [-0.2, -0.15) is 0 Å². The number of hydrogen-bond acceptors (Lipinski definition) is 5. The van der Waals surface area contributed by atoms with Gasteiger partial charge in [-0.05, 0) is 37.3 Å². The SMILES string of the molecule is CC(C)(C)OC(=O)c1nc(CC(C)(C)c2ccccc2)[nH]c(=O)c1OCc1ccccc1. The molecular weight excluding hydrogens is 404 g/mol. The maximum atomic E-state index is 12.9. The van der Waals surface area contributed by atoms with Crippen molar-refractivity contribution in [2.75, 3.05) is 0 Å². The van der Waals surface area contributed by atoms with Gasteiger partial charge in [0.25, 0.3) is 5.56 Å². The standard InChI is InChI=1S/C26H30N2O4/c1-25(2,3)32-24(30)21-22(31-17-18-12-8-6-9-13-18)23(29)28-20(27-21)16-26(4,5)19-14-10-7-11-15-19/h6-15H,16-17H2,1-5H3,(H,27,28,29). The average molecular weight is 435 g/mol. The predicted molar refractivity (Wildman–Crippen MR) is 124 cm³/mol. The molecule has 0 aliphatic heterocycles. The van der Waals surface area contributed by atoms with Crippen LogP contribution in [0.25, 0.3) is 0 Å². The lowest BCUT2D eigenvalue weighted by Gasteiger charge is -2.25. The molecule has 2 aromatic carbocycles. The van der Waals surface area contributed by atoms with Crippen LogP contribution in [0, 0.1) is 0 Å². The Morgan fingerprint density at radius 2 is 1.53 bits per heavy atom. The van der Waals surface area contributed by atoms with E-state index in [2.05, 4.69) is 23.8 Å². The van der Waals surface area contributed by atoms with E-state index < -0.39 is 17.1 Å². The van der Waals surface area contributed by atoms with Crippen molar-refractivity contribution >= 4 is 5.97 Å². The van der Waals surface area contributed by atoms with Crippen LogP contribution in [0.5, 0.6) is 5.75 Å². The van der Waals surface area contributed by atoms with Gasteiger partial charge in [-0.25, -0.2) is 9.78 Å². The smallest absolute Gasteiger partial charge is 0.361 e. The first-order chi connectivity index (χ1) is 15.0. The van der Waals surface area contributed by atoms with E-state index in [4.69, 9.17) is 9.47 Å². The summed E-state index contributed by atoms with van der Waals surface area (Å²) in [6.07, 6.45) is 0.432. The van der Waals surface area contributed by atoms with Crippen molar-refractivity contribution in [1.29, 1.82) is 0 Å². The minimum absolute atomic E-state index is 0.113. The van der Waals surface area contributed by atoms with E-state index in [1.165, 1.54) is 0 Å². The molecule has 3 rings (SSSR count). The number of rotatable bonds is 7. The predicted octanol–water partition coefficient (Wildman–Crippen LogP) is 4.82. The normalized spacial score (nSPS) is 11.8. The highest BCUT2D eigenvalue weighted by atomic mass is 16.6. The van der Waals surface area contributed by atoms with Gasteiger partial charge in [0.2, 0.25) is 5.75 Å². The number of aromatic nitrogens is 2. The van der Waals surface area contributed by atoms with Gasteiger partial charge in [0.15, 0.2) is 5.69 Å². The van der Waals surface area contributed by atoms with Gasteiger partial charge in [0.1, 0.15) is 18.0 Å². The Kier molecular flexibility index (Phi) is 6.82. The number of benzene rings is 2. The van der Waals surface area contributed by atoms with Crippen LogP contribution in [0.2, 0.25) is 0 Å². The molecule has 0 fully saturated rings. The van der Waals surface area contributed by atoms with E-state index in [9.17, 15) is 9.59 Å². The Labute approximate surface area is 188 Å². The molecule has 0 amide bonds. The van der Waals surface area contributed by atoms with E-state index in [0.29, 0.717) is 12.2 Å². The fraction of sp³-hybridized carbons (Fsp3) is 0.346. The van der Waals surface area contributed by atoms with E-state index in [1.807, 2.05) is 60.7 Å². The summed E-state index contributed by atoms with van der Waals surface area (Å²) in [5.74, 6) is -0.424. The molecule has 168 valence electrons. The van der Waals surface area contributed by atoms with Crippen molar-refractivity contribution in [3.63, 3.8) is 0 Å². The van der Waals surface area contributed by atoms with Gasteiger partial charge in [0.05, 0.1) is 0 Å². The molecule has 0 aliphatic carbocycles. The van der Waals surface area contributed by atoms with Crippen LogP contribution in [-0.4, -0.2) is 21.5 Å². The minimum atomic E-state index is -0.735. The second kappa shape index (κ2) is 9.39. The van der Waals surface area contributed by atoms with E-state index in [0.717, 1.165) is 11.1 Å². The first kappa shape index (κ1) is 23.3. The second-order valence-corrected chi connectivity index (χ2v) is 9.39. The molecule has 0 atom stereocenters. The van der Waals surface area contributed by atoms with Gasteiger partial charge in [-0.15, -0.1) is 0 Å². The van der Waals surface area contributed by atoms with Crippen molar-refractivity contribution in [2.24, 2.45) is 0 Å². The van der Waals surface area contributed by atoms with Crippen LogP contribution in [0.3, 0.4) is 0 Å². The van der Waals surface area contributed by atoms with Crippen molar-refractivity contribution in [1.82, 2.24) is 9.97 Å². The maximum absolute atomic E-state index is 12.9. The fourth-order valence-electron chi connectivity index (χ4n) is 3.33. The number of carbonyl (C=O) groups excluding carboxylic acids is 1. The average Bonchev–Trinajstić information content (AvgIpc) is 2.72. The molecule has 0 radical (unpaired) electrons. The zero-order chi connectivity index (χ0) is 23.4. The van der Waals surface area contributed by atoms with Crippen molar-refractivity contribution in [2.45, 2.75) is 58.7 Å². The van der Waals surface area contributed by atoms with Crippen molar-refractivity contribution in [3.8, 4) is 5.75 Å². The number of hydrogen-bond donors (Lipinski definition) is 1. The van der Waals surface area contributed by atoms with Crippen LogP contribution in [0.15, 0.2) is 65.5 Å². The van der Waals surface area contributed by atoms with Crippen LogP contribution in [-0.2, 0) is 23.2 Å². The summed E-state index contributed by atoms with van der Waals surface area (Å²) >= 11 is 0. The summed E-state index contributed by atoms with van der Waals surface area (Å²) < 4.78 is 11.3. The number of aromatic amines is 1. The molecule has 0 spiro atoms. The molecule has 0 saturated carbocycles. The van der Waals surface area contributed by atoms with Crippen molar-refractivity contribution < 1.29 is 14.3 Å². The van der Waals surface area contributed by atoms with Gasteiger partial charge < -0.3 is 14.5 Å². The third kappa shape index (κ3) is 6.06. The second-order valence-electron chi connectivity index (χ2n) is 9.39. The van der Waals surface area contributed by atoms with Crippen LogP contribution >= 0.6 is 0 Å². The summed E-state index contributed by atoms with van der Waals surface area (Å²) in [5.41, 5.74) is 0.312. The molecule has 32 heavy (non-hydrogen) atoms. The van der Waals surface area contributed by atoms with Crippen LogP contribution in [0.4, 0.5) is 0 Å².